The summed E-state index contributed by atoms with van der Waals surface area (Å²) in [5.41, 5.74) is -2.55. The second kappa shape index (κ2) is 6.29. The third-order valence-electron chi connectivity index (χ3n) is 2.87. The lowest BCUT2D eigenvalue weighted by atomic mass is 10.1. The fraction of sp³-hybridized carbons (Fsp3) is 0.333. The van der Waals surface area contributed by atoms with Crippen LogP contribution >= 0.6 is 23.2 Å². The summed E-state index contributed by atoms with van der Waals surface area (Å²) in [4.78, 5) is 15.8. The summed E-state index contributed by atoms with van der Waals surface area (Å²) in [5, 5.41) is 2.80. The van der Waals surface area contributed by atoms with Gasteiger partial charge in [-0.2, -0.15) is 13.2 Å². The van der Waals surface area contributed by atoms with Crippen LogP contribution in [0.3, 0.4) is 0 Å². The number of nitrogens with one attached hydrogen (secondary N) is 1. The Hall–Kier alpha value is -1.73. The summed E-state index contributed by atoms with van der Waals surface area (Å²) in [6.07, 6.45) is -3.88. The van der Waals surface area contributed by atoms with E-state index < -0.39 is 29.0 Å². The average molecular weight is 380 g/mol. The van der Waals surface area contributed by atoms with Crippen molar-refractivity contribution in [2.24, 2.45) is 0 Å². The lowest BCUT2D eigenvalue weighted by Gasteiger charge is -2.20. The fourth-order valence-corrected chi connectivity index (χ4v) is 2.57. The van der Waals surface area contributed by atoms with E-state index in [2.05, 4.69) is 10.3 Å². The highest BCUT2D eigenvalue weighted by Crippen LogP contribution is 2.34. The molecule has 1 N–H and O–H groups in total. The molecule has 1 heterocycles. The molecule has 0 aliphatic rings. The molecule has 0 spiro atoms. The van der Waals surface area contributed by atoms with Crippen molar-refractivity contribution in [3.8, 4) is 5.69 Å². The summed E-state index contributed by atoms with van der Waals surface area (Å²) in [5.74, 6) is -0.915. The Kier molecular flexibility index (Phi) is 4.88. The van der Waals surface area contributed by atoms with Crippen molar-refractivity contribution < 1.29 is 18.0 Å². The number of amides is 1. The molecule has 0 saturated heterocycles. The molecule has 0 atom stereocenters. The molecule has 1 aromatic heterocycles. The van der Waals surface area contributed by atoms with Crippen molar-refractivity contribution in [1.29, 1.82) is 0 Å². The number of benzene rings is 1. The third-order valence-corrected chi connectivity index (χ3v) is 3.30. The highest BCUT2D eigenvalue weighted by Gasteiger charge is 2.41. The van der Waals surface area contributed by atoms with Crippen LogP contribution in [0.5, 0.6) is 0 Å². The summed E-state index contributed by atoms with van der Waals surface area (Å²) >= 11 is 11.7. The van der Waals surface area contributed by atoms with Gasteiger partial charge >= 0.3 is 6.18 Å². The number of aromatic nitrogens is 2. The molecule has 0 radical (unpaired) electrons. The van der Waals surface area contributed by atoms with E-state index in [-0.39, 0.29) is 15.7 Å². The number of rotatable bonds is 2. The van der Waals surface area contributed by atoms with Crippen molar-refractivity contribution in [1.82, 2.24) is 14.9 Å². The van der Waals surface area contributed by atoms with Gasteiger partial charge in [0.15, 0.2) is 11.4 Å². The first-order valence-corrected chi connectivity index (χ1v) is 7.57. The zero-order valence-electron chi connectivity index (χ0n) is 13.0. The summed E-state index contributed by atoms with van der Waals surface area (Å²) in [6.45, 7) is 4.98. The molecule has 2 rings (SSSR count). The van der Waals surface area contributed by atoms with Crippen LogP contribution in [0.1, 0.15) is 37.0 Å². The lowest BCUT2D eigenvalue weighted by molar-refractivity contribution is -0.142. The quantitative estimate of drug-likeness (QED) is 0.819. The molecule has 0 saturated carbocycles. The normalized spacial score (nSPS) is 12.3. The average Bonchev–Trinajstić information content (AvgIpc) is 2.79. The molecule has 0 aliphatic carbocycles. The Labute approximate surface area is 146 Å². The number of imidazole rings is 1. The number of nitrogens with zero attached hydrogens (tertiary/aromatic N) is 2. The largest absolute Gasteiger partial charge is 0.434 e. The molecule has 1 aromatic carbocycles. The number of carbonyl (C=O) groups is 1. The van der Waals surface area contributed by atoms with E-state index in [0.29, 0.717) is 0 Å². The smallest absolute Gasteiger partial charge is 0.346 e. The molecular weight excluding hydrogens is 366 g/mol. The molecule has 9 heteroatoms. The number of hydrogen-bond acceptors (Lipinski definition) is 2. The van der Waals surface area contributed by atoms with Gasteiger partial charge in [0.25, 0.3) is 5.91 Å². The molecule has 0 aliphatic heterocycles. The van der Waals surface area contributed by atoms with Gasteiger partial charge in [-0.3, -0.25) is 9.36 Å². The fourth-order valence-electron chi connectivity index (χ4n) is 2.06. The van der Waals surface area contributed by atoms with E-state index in [1.54, 1.807) is 20.8 Å². The van der Waals surface area contributed by atoms with E-state index in [9.17, 15) is 18.0 Å². The molecule has 1 amide bonds. The minimum atomic E-state index is -4.80. The minimum Gasteiger partial charge on any atom is -0.346 e. The number of hydrogen-bond donors (Lipinski definition) is 1. The first-order valence-electron chi connectivity index (χ1n) is 6.82. The van der Waals surface area contributed by atoms with Gasteiger partial charge in [0.05, 0.1) is 5.69 Å². The maximum absolute atomic E-state index is 13.5. The Balaban J connectivity index is 2.61. The molecule has 24 heavy (non-hydrogen) atoms. The van der Waals surface area contributed by atoms with Gasteiger partial charge in [0, 0.05) is 15.6 Å². The first kappa shape index (κ1) is 18.6. The van der Waals surface area contributed by atoms with E-state index in [0.717, 1.165) is 10.9 Å². The number of halogens is 5. The minimum absolute atomic E-state index is 0.0575. The van der Waals surface area contributed by atoms with Crippen LogP contribution in [0.4, 0.5) is 13.2 Å². The van der Waals surface area contributed by atoms with Crippen LogP contribution in [-0.4, -0.2) is 21.0 Å². The van der Waals surface area contributed by atoms with E-state index in [1.807, 2.05) is 0 Å². The van der Waals surface area contributed by atoms with E-state index in [1.165, 1.54) is 18.2 Å². The van der Waals surface area contributed by atoms with Crippen LogP contribution in [0, 0.1) is 0 Å². The molecule has 4 nitrogen and oxygen atoms in total. The summed E-state index contributed by atoms with van der Waals surface area (Å²) in [6, 6.07) is 4.00. The highest BCUT2D eigenvalue weighted by molar-refractivity contribution is 6.34. The van der Waals surface area contributed by atoms with Crippen LogP contribution in [0.25, 0.3) is 5.69 Å². The predicted molar refractivity (Wildman–Crippen MR) is 85.8 cm³/mol. The zero-order valence-corrected chi connectivity index (χ0v) is 14.5. The van der Waals surface area contributed by atoms with Gasteiger partial charge in [0.1, 0.15) is 6.33 Å². The molecule has 130 valence electrons. The molecular formula is C15H14Cl2F3N3O. The SMILES string of the molecule is CC(C)(C)NC(=O)c1ncn(-c2cc(Cl)cc(Cl)c2)c1C(F)(F)F. The van der Waals surface area contributed by atoms with Crippen molar-refractivity contribution in [3.05, 3.63) is 46.0 Å². The van der Waals surface area contributed by atoms with Crippen LogP contribution in [0.2, 0.25) is 10.0 Å². The van der Waals surface area contributed by atoms with Crippen LogP contribution < -0.4 is 5.32 Å². The van der Waals surface area contributed by atoms with Crippen molar-refractivity contribution in [3.63, 3.8) is 0 Å². The number of alkyl halides is 3. The van der Waals surface area contributed by atoms with Gasteiger partial charge < -0.3 is 5.32 Å². The first-order chi connectivity index (χ1) is 10.9. The molecule has 0 unspecified atom stereocenters. The second-order valence-corrected chi connectivity index (χ2v) is 7.01. The maximum Gasteiger partial charge on any atom is 0.434 e. The van der Waals surface area contributed by atoms with Crippen LogP contribution in [0.15, 0.2) is 24.5 Å². The topological polar surface area (TPSA) is 46.9 Å². The van der Waals surface area contributed by atoms with Crippen LogP contribution in [-0.2, 0) is 6.18 Å². The third kappa shape index (κ3) is 4.21. The monoisotopic (exact) mass is 379 g/mol. The summed E-state index contributed by atoms with van der Waals surface area (Å²) < 4.78 is 41.3. The second-order valence-electron chi connectivity index (χ2n) is 6.14. The molecule has 0 bridgehead atoms. The molecule has 0 fully saturated rings. The standard InChI is InChI=1S/C15H14Cl2F3N3O/c1-14(2,3)22-13(24)11-12(15(18,19)20)23(7-21-11)10-5-8(16)4-9(17)6-10/h4-7H,1-3H3,(H,22,24). The van der Waals surface area contributed by atoms with Crippen molar-refractivity contribution in [2.45, 2.75) is 32.5 Å². The Bertz CT molecular complexity index is 759. The van der Waals surface area contributed by atoms with Gasteiger partial charge in [-0.05, 0) is 39.0 Å². The highest BCUT2D eigenvalue weighted by atomic mass is 35.5. The predicted octanol–water partition coefficient (Wildman–Crippen LogP) is 4.73. The van der Waals surface area contributed by atoms with E-state index >= 15 is 0 Å². The van der Waals surface area contributed by atoms with Crippen molar-refractivity contribution >= 4 is 29.1 Å². The lowest BCUT2D eigenvalue weighted by Crippen LogP contribution is -2.41. The zero-order chi connectivity index (χ0) is 18.3. The van der Waals surface area contributed by atoms with E-state index in [4.69, 9.17) is 23.2 Å². The Morgan fingerprint density at radius 1 is 1.12 bits per heavy atom. The van der Waals surface area contributed by atoms with Gasteiger partial charge in [-0.1, -0.05) is 23.2 Å². The van der Waals surface area contributed by atoms with Gasteiger partial charge in [-0.25, -0.2) is 4.98 Å². The Morgan fingerprint density at radius 2 is 1.67 bits per heavy atom. The van der Waals surface area contributed by atoms with Gasteiger partial charge in [0.2, 0.25) is 0 Å². The molecule has 2 aromatic rings. The Morgan fingerprint density at radius 3 is 2.12 bits per heavy atom. The van der Waals surface area contributed by atoms with Crippen molar-refractivity contribution in [2.75, 3.05) is 0 Å². The maximum atomic E-state index is 13.5. The number of carbonyl (C=O) groups excluding carboxylic acids is 1. The van der Waals surface area contributed by atoms with Gasteiger partial charge in [-0.15, -0.1) is 0 Å². The summed E-state index contributed by atoms with van der Waals surface area (Å²) in [7, 11) is 0.